The third-order valence-corrected chi connectivity index (χ3v) is 2.84. The molecule has 1 atom stereocenters. The van der Waals surface area contributed by atoms with E-state index in [1.54, 1.807) is 18.2 Å². The van der Waals surface area contributed by atoms with Gasteiger partial charge in [0.05, 0.1) is 18.2 Å². The maximum atomic E-state index is 11.8. The summed E-state index contributed by atoms with van der Waals surface area (Å²) in [7, 11) is 1.54. The van der Waals surface area contributed by atoms with Crippen molar-refractivity contribution in [1.29, 1.82) is 0 Å². The Morgan fingerprint density at radius 3 is 2.71 bits per heavy atom. The molecule has 0 aliphatic carbocycles. The van der Waals surface area contributed by atoms with Crippen LogP contribution in [0.25, 0.3) is 0 Å². The summed E-state index contributed by atoms with van der Waals surface area (Å²) in [5.74, 6) is 0.487. The number of ether oxygens (including phenoxy) is 2. The number of hydrogen-bond donors (Lipinski definition) is 0. The van der Waals surface area contributed by atoms with E-state index in [1.807, 2.05) is 13.8 Å². The molecule has 0 radical (unpaired) electrons. The normalized spacial score (nSPS) is 12.2. The SMILES string of the molecule is CCC(C)OCC(=O)c1ccc(OC)c(Cl)c1. The van der Waals surface area contributed by atoms with Gasteiger partial charge in [-0.15, -0.1) is 0 Å². The van der Waals surface area contributed by atoms with E-state index in [-0.39, 0.29) is 18.5 Å². The van der Waals surface area contributed by atoms with Crippen LogP contribution in [0.3, 0.4) is 0 Å². The number of methoxy groups -OCH3 is 1. The van der Waals surface area contributed by atoms with Gasteiger partial charge in [0, 0.05) is 5.56 Å². The van der Waals surface area contributed by atoms with E-state index < -0.39 is 0 Å². The molecule has 0 heterocycles. The Kier molecular flexibility index (Phi) is 5.45. The molecule has 0 aromatic heterocycles. The van der Waals surface area contributed by atoms with Crippen molar-refractivity contribution in [2.24, 2.45) is 0 Å². The number of hydrogen-bond acceptors (Lipinski definition) is 3. The monoisotopic (exact) mass is 256 g/mol. The van der Waals surface area contributed by atoms with E-state index in [4.69, 9.17) is 21.1 Å². The van der Waals surface area contributed by atoms with Crippen LogP contribution >= 0.6 is 11.6 Å². The lowest BCUT2D eigenvalue weighted by atomic mass is 10.1. The van der Waals surface area contributed by atoms with Crippen LogP contribution in [0.4, 0.5) is 0 Å². The molecule has 0 saturated heterocycles. The molecule has 0 aliphatic heterocycles. The average Bonchev–Trinajstić information content (AvgIpc) is 2.35. The zero-order chi connectivity index (χ0) is 12.8. The smallest absolute Gasteiger partial charge is 0.188 e. The molecule has 0 N–H and O–H groups in total. The summed E-state index contributed by atoms with van der Waals surface area (Å²) >= 11 is 5.95. The van der Waals surface area contributed by atoms with E-state index in [9.17, 15) is 4.79 Å². The van der Waals surface area contributed by atoms with E-state index in [0.29, 0.717) is 16.3 Å². The fourth-order valence-corrected chi connectivity index (χ4v) is 1.52. The molecule has 1 rings (SSSR count). The summed E-state index contributed by atoms with van der Waals surface area (Å²) < 4.78 is 10.4. The molecule has 1 aromatic rings. The molecule has 1 aromatic carbocycles. The number of benzene rings is 1. The second kappa shape index (κ2) is 6.62. The van der Waals surface area contributed by atoms with Crippen LogP contribution in [-0.2, 0) is 4.74 Å². The van der Waals surface area contributed by atoms with Crippen LogP contribution in [-0.4, -0.2) is 25.6 Å². The van der Waals surface area contributed by atoms with Gasteiger partial charge in [0.1, 0.15) is 12.4 Å². The highest BCUT2D eigenvalue weighted by molar-refractivity contribution is 6.32. The van der Waals surface area contributed by atoms with Crippen LogP contribution in [0.15, 0.2) is 18.2 Å². The number of rotatable bonds is 6. The number of carbonyl (C=O) groups excluding carboxylic acids is 1. The Labute approximate surface area is 107 Å². The largest absolute Gasteiger partial charge is 0.495 e. The van der Waals surface area contributed by atoms with Crippen molar-refractivity contribution in [2.45, 2.75) is 26.4 Å². The highest BCUT2D eigenvalue weighted by Gasteiger charge is 2.10. The molecule has 17 heavy (non-hydrogen) atoms. The first-order chi connectivity index (χ1) is 8.08. The Hall–Kier alpha value is -1.06. The fraction of sp³-hybridized carbons (Fsp3) is 0.462. The summed E-state index contributed by atoms with van der Waals surface area (Å²) in [6.07, 6.45) is 0.976. The van der Waals surface area contributed by atoms with Crippen molar-refractivity contribution in [1.82, 2.24) is 0 Å². The summed E-state index contributed by atoms with van der Waals surface area (Å²) in [6.45, 7) is 4.03. The third kappa shape index (κ3) is 4.02. The summed E-state index contributed by atoms with van der Waals surface area (Å²) in [5, 5.41) is 0.432. The molecule has 0 spiro atoms. The van der Waals surface area contributed by atoms with Gasteiger partial charge in [-0.25, -0.2) is 0 Å². The summed E-state index contributed by atoms with van der Waals surface area (Å²) in [6, 6.07) is 4.97. The highest BCUT2D eigenvalue weighted by Crippen LogP contribution is 2.25. The molecule has 1 unspecified atom stereocenters. The van der Waals surface area contributed by atoms with Crippen LogP contribution < -0.4 is 4.74 Å². The maximum absolute atomic E-state index is 11.8. The minimum Gasteiger partial charge on any atom is -0.495 e. The predicted octanol–water partition coefficient (Wildman–Crippen LogP) is 3.35. The molecule has 0 bridgehead atoms. The molecule has 0 fully saturated rings. The van der Waals surface area contributed by atoms with Crippen LogP contribution in [0.1, 0.15) is 30.6 Å². The van der Waals surface area contributed by atoms with Gasteiger partial charge in [-0.2, -0.15) is 0 Å². The summed E-state index contributed by atoms with van der Waals surface area (Å²) in [5.41, 5.74) is 0.541. The molecular formula is C13H17ClO3. The van der Waals surface area contributed by atoms with Gasteiger partial charge < -0.3 is 9.47 Å². The number of carbonyl (C=O) groups is 1. The first kappa shape index (κ1) is 14.0. The lowest BCUT2D eigenvalue weighted by Crippen LogP contribution is -2.15. The van der Waals surface area contributed by atoms with Crippen molar-refractivity contribution in [3.8, 4) is 5.75 Å². The standard InChI is InChI=1S/C13H17ClO3/c1-4-9(2)17-8-12(15)10-5-6-13(16-3)11(14)7-10/h5-7,9H,4,8H2,1-3H3. The quantitative estimate of drug-likeness (QED) is 0.733. The fourth-order valence-electron chi connectivity index (χ4n) is 1.26. The number of ketones is 1. The van der Waals surface area contributed by atoms with Crippen LogP contribution in [0.2, 0.25) is 5.02 Å². The third-order valence-electron chi connectivity index (χ3n) is 2.55. The molecule has 0 saturated carbocycles. The van der Waals surface area contributed by atoms with E-state index in [0.717, 1.165) is 6.42 Å². The van der Waals surface area contributed by atoms with Crippen molar-refractivity contribution < 1.29 is 14.3 Å². The van der Waals surface area contributed by atoms with Crippen molar-refractivity contribution >= 4 is 17.4 Å². The first-order valence-electron chi connectivity index (χ1n) is 5.56. The molecule has 0 aliphatic rings. The van der Waals surface area contributed by atoms with Gasteiger partial charge in [-0.1, -0.05) is 18.5 Å². The number of halogens is 1. The van der Waals surface area contributed by atoms with Gasteiger partial charge >= 0.3 is 0 Å². The highest BCUT2D eigenvalue weighted by atomic mass is 35.5. The minimum atomic E-state index is -0.0742. The zero-order valence-corrected chi connectivity index (χ0v) is 11.1. The summed E-state index contributed by atoms with van der Waals surface area (Å²) in [4.78, 5) is 11.8. The number of Topliss-reactive ketones (excluding diaryl/α,β-unsaturated/α-hetero) is 1. The van der Waals surface area contributed by atoms with E-state index in [1.165, 1.54) is 7.11 Å². The van der Waals surface area contributed by atoms with Crippen molar-refractivity contribution in [3.63, 3.8) is 0 Å². The zero-order valence-electron chi connectivity index (χ0n) is 10.3. The molecule has 0 amide bonds. The van der Waals surface area contributed by atoms with E-state index >= 15 is 0 Å². The Morgan fingerprint density at radius 1 is 1.47 bits per heavy atom. The Morgan fingerprint density at radius 2 is 2.18 bits per heavy atom. The van der Waals surface area contributed by atoms with Gasteiger partial charge in [-0.05, 0) is 31.5 Å². The molecule has 94 valence electrons. The van der Waals surface area contributed by atoms with Crippen LogP contribution in [0, 0.1) is 0 Å². The average molecular weight is 257 g/mol. The molecular weight excluding hydrogens is 240 g/mol. The van der Waals surface area contributed by atoms with Gasteiger partial charge in [0.2, 0.25) is 0 Å². The van der Waals surface area contributed by atoms with E-state index in [2.05, 4.69) is 0 Å². The van der Waals surface area contributed by atoms with Gasteiger partial charge in [0.25, 0.3) is 0 Å². The lowest BCUT2D eigenvalue weighted by Gasteiger charge is -2.10. The van der Waals surface area contributed by atoms with Crippen LogP contribution in [0.5, 0.6) is 5.75 Å². The van der Waals surface area contributed by atoms with Gasteiger partial charge in [-0.3, -0.25) is 4.79 Å². The second-order valence-electron chi connectivity index (χ2n) is 3.80. The van der Waals surface area contributed by atoms with Crippen molar-refractivity contribution in [2.75, 3.05) is 13.7 Å². The predicted molar refractivity (Wildman–Crippen MR) is 68.0 cm³/mol. The second-order valence-corrected chi connectivity index (χ2v) is 4.21. The molecule has 3 nitrogen and oxygen atoms in total. The van der Waals surface area contributed by atoms with Gasteiger partial charge in [0.15, 0.2) is 5.78 Å². The maximum Gasteiger partial charge on any atom is 0.188 e. The first-order valence-corrected chi connectivity index (χ1v) is 5.94. The van der Waals surface area contributed by atoms with Crippen molar-refractivity contribution in [3.05, 3.63) is 28.8 Å². The molecule has 4 heteroatoms. The Balaban J connectivity index is 2.66. The topological polar surface area (TPSA) is 35.5 Å². The minimum absolute atomic E-state index is 0.0742. The lowest BCUT2D eigenvalue weighted by molar-refractivity contribution is 0.0511. The Bertz CT molecular complexity index is 390.